The van der Waals surface area contributed by atoms with Crippen LogP contribution in [0.2, 0.25) is 0 Å². The van der Waals surface area contributed by atoms with E-state index in [4.69, 9.17) is 5.73 Å². The van der Waals surface area contributed by atoms with Crippen LogP contribution in [0.1, 0.15) is 31.2 Å². The summed E-state index contributed by atoms with van der Waals surface area (Å²) in [6.45, 7) is 1.03. The van der Waals surface area contributed by atoms with Crippen LogP contribution >= 0.6 is 24.8 Å². The smallest absolute Gasteiger partial charge is 0.224 e. The van der Waals surface area contributed by atoms with Gasteiger partial charge in [-0.1, -0.05) is 18.6 Å². The molecule has 4 nitrogen and oxygen atoms in total. The second-order valence-corrected chi connectivity index (χ2v) is 6.36. The lowest BCUT2D eigenvalue weighted by atomic mass is 10.00. The maximum absolute atomic E-state index is 12.0. The van der Waals surface area contributed by atoms with E-state index in [0.717, 1.165) is 37.9 Å². The SMILES string of the molecule is CN(C)CCc1ccc(NC(=O)C[C@@H]2CCC[C@H]2N)cc1.Cl.Cl. The Bertz CT molecular complexity index is 465. The number of benzene rings is 1. The molecule has 0 aromatic heterocycles. The van der Waals surface area contributed by atoms with Crippen LogP contribution in [0, 0.1) is 5.92 Å². The lowest BCUT2D eigenvalue weighted by Crippen LogP contribution is -2.28. The molecule has 0 spiro atoms. The van der Waals surface area contributed by atoms with Gasteiger partial charge in [-0.2, -0.15) is 0 Å². The molecule has 0 radical (unpaired) electrons. The second-order valence-electron chi connectivity index (χ2n) is 6.36. The van der Waals surface area contributed by atoms with Crippen molar-refractivity contribution in [2.45, 2.75) is 38.1 Å². The van der Waals surface area contributed by atoms with Gasteiger partial charge < -0.3 is 16.0 Å². The van der Waals surface area contributed by atoms with Gasteiger partial charge in [-0.3, -0.25) is 4.79 Å². The molecule has 1 amide bonds. The zero-order valence-corrected chi connectivity index (χ0v) is 15.6. The van der Waals surface area contributed by atoms with Crippen molar-refractivity contribution in [1.82, 2.24) is 4.90 Å². The lowest BCUT2D eigenvalue weighted by molar-refractivity contribution is -0.117. The monoisotopic (exact) mass is 361 g/mol. The quantitative estimate of drug-likeness (QED) is 0.818. The Morgan fingerprint density at radius 3 is 2.39 bits per heavy atom. The number of hydrogen-bond acceptors (Lipinski definition) is 3. The second kappa shape index (κ2) is 10.9. The van der Waals surface area contributed by atoms with Gasteiger partial charge >= 0.3 is 0 Å². The highest BCUT2D eigenvalue weighted by molar-refractivity contribution is 5.90. The summed E-state index contributed by atoms with van der Waals surface area (Å²) in [6, 6.07) is 8.33. The minimum atomic E-state index is 0. The third kappa shape index (κ3) is 7.53. The summed E-state index contributed by atoms with van der Waals surface area (Å²) in [7, 11) is 4.14. The average molecular weight is 362 g/mol. The molecule has 132 valence electrons. The lowest BCUT2D eigenvalue weighted by Gasteiger charge is -2.15. The summed E-state index contributed by atoms with van der Waals surface area (Å²) in [5.41, 5.74) is 8.18. The van der Waals surface area contributed by atoms with Gasteiger partial charge in [0.2, 0.25) is 5.91 Å². The molecule has 0 saturated heterocycles. The van der Waals surface area contributed by atoms with Crippen molar-refractivity contribution in [2.24, 2.45) is 11.7 Å². The minimum Gasteiger partial charge on any atom is -0.327 e. The van der Waals surface area contributed by atoms with Crippen LogP contribution < -0.4 is 11.1 Å². The third-order valence-corrected chi connectivity index (χ3v) is 4.25. The highest BCUT2D eigenvalue weighted by atomic mass is 35.5. The minimum absolute atomic E-state index is 0. The molecular weight excluding hydrogens is 333 g/mol. The van der Waals surface area contributed by atoms with Gasteiger partial charge in [-0.15, -0.1) is 24.8 Å². The van der Waals surface area contributed by atoms with Crippen molar-refractivity contribution in [3.05, 3.63) is 29.8 Å². The third-order valence-electron chi connectivity index (χ3n) is 4.25. The van der Waals surface area contributed by atoms with Gasteiger partial charge in [-0.25, -0.2) is 0 Å². The van der Waals surface area contributed by atoms with Crippen molar-refractivity contribution >= 4 is 36.4 Å². The molecule has 2 atom stereocenters. The summed E-state index contributed by atoms with van der Waals surface area (Å²) in [4.78, 5) is 14.2. The van der Waals surface area contributed by atoms with E-state index >= 15 is 0 Å². The van der Waals surface area contributed by atoms with E-state index in [-0.39, 0.29) is 36.8 Å². The van der Waals surface area contributed by atoms with E-state index in [1.807, 2.05) is 12.1 Å². The fourth-order valence-corrected chi connectivity index (χ4v) is 2.88. The number of amides is 1. The molecule has 1 fully saturated rings. The van der Waals surface area contributed by atoms with Gasteiger partial charge in [0.1, 0.15) is 0 Å². The van der Waals surface area contributed by atoms with E-state index in [1.165, 1.54) is 5.56 Å². The Balaban J connectivity index is 0.00000242. The molecule has 0 heterocycles. The molecule has 2 rings (SSSR count). The summed E-state index contributed by atoms with van der Waals surface area (Å²) in [6.07, 6.45) is 4.86. The van der Waals surface area contributed by atoms with Crippen LogP contribution in [0.3, 0.4) is 0 Å². The van der Waals surface area contributed by atoms with E-state index in [1.54, 1.807) is 0 Å². The maximum Gasteiger partial charge on any atom is 0.224 e. The Kier molecular flexibility index (Phi) is 10.5. The first-order valence-electron chi connectivity index (χ1n) is 7.83. The molecule has 1 aliphatic carbocycles. The molecule has 0 aliphatic heterocycles. The zero-order chi connectivity index (χ0) is 15.2. The number of anilines is 1. The fourth-order valence-electron chi connectivity index (χ4n) is 2.88. The number of rotatable bonds is 6. The number of halogens is 2. The molecule has 23 heavy (non-hydrogen) atoms. The van der Waals surface area contributed by atoms with E-state index in [2.05, 4.69) is 36.4 Å². The number of nitrogens with one attached hydrogen (secondary N) is 1. The molecule has 3 N–H and O–H groups in total. The average Bonchev–Trinajstić information content (AvgIpc) is 2.83. The zero-order valence-electron chi connectivity index (χ0n) is 14.0. The van der Waals surface area contributed by atoms with Crippen LogP contribution in [0.25, 0.3) is 0 Å². The van der Waals surface area contributed by atoms with Crippen molar-refractivity contribution in [2.75, 3.05) is 26.0 Å². The fraction of sp³-hybridized carbons (Fsp3) is 0.588. The van der Waals surface area contributed by atoms with Gasteiger partial charge in [0, 0.05) is 24.7 Å². The van der Waals surface area contributed by atoms with Crippen LogP contribution in [-0.2, 0) is 11.2 Å². The molecule has 0 unspecified atom stereocenters. The normalized spacial score (nSPS) is 19.8. The van der Waals surface area contributed by atoms with Gasteiger partial charge in [0.05, 0.1) is 0 Å². The first-order chi connectivity index (χ1) is 10.0. The van der Waals surface area contributed by atoms with E-state index < -0.39 is 0 Å². The van der Waals surface area contributed by atoms with Crippen LogP contribution in [0.15, 0.2) is 24.3 Å². The summed E-state index contributed by atoms with van der Waals surface area (Å²) >= 11 is 0. The standard InChI is InChI=1S/C17H27N3O.2ClH/c1-20(2)11-10-13-6-8-15(9-7-13)19-17(21)12-14-4-3-5-16(14)18;;/h6-9,14,16H,3-5,10-12,18H2,1-2H3,(H,19,21);2*1H/t14-,16+;;/m0../s1. The first kappa shape index (κ1) is 22.2. The number of carbonyl (C=O) groups excluding carboxylic acids is 1. The maximum atomic E-state index is 12.0. The Hall–Kier alpha value is -0.810. The molecule has 6 heteroatoms. The number of nitrogens with zero attached hydrogens (tertiary/aromatic N) is 1. The number of nitrogens with two attached hydrogens (primary N) is 1. The summed E-state index contributed by atoms with van der Waals surface area (Å²) in [5, 5.41) is 2.98. The number of hydrogen-bond donors (Lipinski definition) is 2. The van der Waals surface area contributed by atoms with Gasteiger partial charge in [0.15, 0.2) is 0 Å². The highest BCUT2D eigenvalue weighted by Gasteiger charge is 2.25. The highest BCUT2D eigenvalue weighted by Crippen LogP contribution is 2.27. The molecule has 1 aromatic rings. The van der Waals surface area contributed by atoms with Gasteiger partial charge in [-0.05, 0) is 57.0 Å². The summed E-state index contributed by atoms with van der Waals surface area (Å²) in [5.74, 6) is 0.433. The number of carbonyl (C=O) groups is 1. The predicted molar refractivity (Wildman–Crippen MR) is 102 cm³/mol. The molecule has 1 aliphatic rings. The van der Waals surface area contributed by atoms with E-state index in [0.29, 0.717) is 12.3 Å². The van der Waals surface area contributed by atoms with E-state index in [9.17, 15) is 4.79 Å². The van der Waals surface area contributed by atoms with Crippen molar-refractivity contribution in [3.8, 4) is 0 Å². The van der Waals surface area contributed by atoms with Crippen LogP contribution in [0.5, 0.6) is 0 Å². The molecule has 1 aromatic carbocycles. The molecule has 1 saturated carbocycles. The Morgan fingerprint density at radius 1 is 1.22 bits per heavy atom. The Morgan fingerprint density at radius 2 is 1.87 bits per heavy atom. The summed E-state index contributed by atoms with van der Waals surface area (Å²) < 4.78 is 0. The van der Waals surface area contributed by atoms with Crippen molar-refractivity contribution in [1.29, 1.82) is 0 Å². The first-order valence-corrected chi connectivity index (χ1v) is 7.83. The molecular formula is C17H29Cl2N3O. The Labute approximate surface area is 152 Å². The molecule has 0 bridgehead atoms. The van der Waals surface area contributed by atoms with Gasteiger partial charge in [0.25, 0.3) is 0 Å². The predicted octanol–water partition coefficient (Wildman–Crippen LogP) is 3.09. The topological polar surface area (TPSA) is 58.4 Å². The van der Waals surface area contributed by atoms with Crippen LogP contribution in [0.4, 0.5) is 5.69 Å². The largest absolute Gasteiger partial charge is 0.327 e. The van der Waals surface area contributed by atoms with Crippen molar-refractivity contribution < 1.29 is 4.79 Å². The number of likely N-dealkylation sites (N-methyl/N-ethyl adjacent to an activating group) is 1. The van der Waals surface area contributed by atoms with Crippen LogP contribution in [-0.4, -0.2) is 37.5 Å². The van der Waals surface area contributed by atoms with Crippen molar-refractivity contribution in [3.63, 3.8) is 0 Å².